The summed E-state index contributed by atoms with van der Waals surface area (Å²) < 4.78 is 5.78. The van der Waals surface area contributed by atoms with E-state index in [1.165, 1.54) is 11.8 Å². The number of halogens is 1. The van der Waals surface area contributed by atoms with Crippen molar-refractivity contribution in [3.63, 3.8) is 0 Å². The van der Waals surface area contributed by atoms with Gasteiger partial charge in [0.05, 0.1) is 11.6 Å². The maximum Gasteiger partial charge on any atom is 0.231 e. The zero-order chi connectivity index (χ0) is 11.5. The molecule has 0 aliphatic carbocycles. The first-order valence-electron chi connectivity index (χ1n) is 4.32. The Morgan fingerprint density at radius 3 is 2.81 bits per heavy atom. The highest BCUT2D eigenvalue weighted by molar-refractivity contribution is 9.10. The summed E-state index contributed by atoms with van der Waals surface area (Å²) >= 11 is 4.55. The largest absolute Gasteiger partial charge is 0.480 e. The zero-order valence-corrected chi connectivity index (χ0v) is 11.0. The van der Waals surface area contributed by atoms with Crippen LogP contribution >= 0.6 is 27.7 Å². The molecular formula is C8H8BrN5OS. The Hall–Kier alpha value is -1.15. The smallest absolute Gasteiger partial charge is 0.231 e. The van der Waals surface area contributed by atoms with Crippen LogP contribution in [0.5, 0.6) is 5.88 Å². The number of hydrogen-bond acceptors (Lipinski definition) is 6. The van der Waals surface area contributed by atoms with Crippen molar-refractivity contribution in [1.29, 1.82) is 0 Å². The van der Waals surface area contributed by atoms with Crippen LogP contribution in [0.4, 0.5) is 0 Å². The van der Waals surface area contributed by atoms with E-state index in [4.69, 9.17) is 4.74 Å². The molecule has 2 heterocycles. The SMILES string of the molecule is COc1nc(Sc2n[nH]c(C)n2)ncc1Br. The number of hydrogen-bond donors (Lipinski definition) is 1. The van der Waals surface area contributed by atoms with Gasteiger partial charge < -0.3 is 4.74 Å². The minimum atomic E-state index is 0.491. The summed E-state index contributed by atoms with van der Waals surface area (Å²) in [6.07, 6.45) is 1.63. The lowest BCUT2D eigenvalue weighted by Gasteiger charge is -2.02. The molecule has 0 aromatic carbocycles. The number of aryl methyl sites for hydroxylation is 1. The van der Waals surface area contributed by atoms with E-state index in [1.807, 2.05) is 6.92 Å². The molecule has 0 saturated carbocycles. The third kappa shape index (κ3) is 2.50. The Balaban J connectivity index is 2.21. The van der Waals surface area contributed by atoms with Gasteiger partial charge >= 0.3 is 0 Å². The van der Waals surface area contributed by atoms with Crippen molar-refractivity contribution >= 4 is 27.7 Å². The Morgan fingerprint density at radius 2 is 2.19 bits per heavy atom. The highest BCUT2D eigenvalue weighted by Crippen LogP contribution is 2.26. The van der Waals surface area contributed by atoms with Crippen molar-refractivity contribution in [2.24, 2.45) is 0 Å². The third-order valence-corrected chi connectivity index (χ3v) is 2.93. The molecule has 2 aromatic heterocycles. The fraction of sp³-hybridized carbons (Fsp3) is 0.250. The Kier molecular flexibility index (Phi) is 3.39. The number of nitrogens with one attached hydrogen (secondary N) is 1. The fourth-order valence-corrected chi connectivity index (χ4v) is 2.00. The van der Waals surface area contributed by atoms with Crippen molar-refractivity contribution in [2.45, 2.75) is 17.2 Å². The molecule has 8 heteroatoms. The van der Waals surface area contributed by atoms with Gasteiger partial charge in [-0.15, -0.1) is 5.10 Å². The van der Waals surface area contributed by atoms with Crippen LogP contribution in [0.15, 0.2) is 21.0 Å². The molecule has 0 spiro atoms. The molecule has 0 fully saturated rings. The second-order valence-electron chi connectivity index (χ2n) is 2.82. The summed E-state index contributed by atoms with van der Waals surface area (Å²) in [5.41, 5.74) is 0. The average molecular weight is 302 g/mol. The molecule has 0 radical (unpaired) electrons. The molecule has 6 nitrogen and oxygen atoms in total. The normalized spacial score (nSPS) is 10.4. The van der Waals surface area contributed by atoms with Crippen LogP contribution in [0, 0.1) is 6.92 Å². The van der Waals surface area contributed by atoms with Crippen LogP contribution in [-0.2, 0) is 0 Å². The molecular weight excluding hydrogens is 294 g/mol. The van der Waals surface area contributed by atoms with E-state index in [1.54, 1.807) is 13.3 Å². The molecule has 0 amide bonds. The zero-order valence-electron chi connectivity index (χ0n) is 8.56. The second kappa shape index (κ2) is 4.79. The van der Waals surface area contributed by atoms with E-state index in [2.05, 4.69) is 41.1 Å². The van der Waals surface area contributed by atoms with Crippen LogP contribution in [-0.4, -0.2) is 32.3 Å². The minimum Gasteiger partial charge on any atom is -0.480 e. The number of rotatable bonds is 3. The lowest BCUT2D eigenvalue weighted by atomic mass is 10.6. The van der Waals surface area contributed by atoms with Crippen LogP contribution in [0.1, 0.15) is 5.82 Å². The van der Waals surface area contributed by atoms with Gasteiger partial charge in [-0.2, -0.15) is 4.98 Å². The van der Waals surface area contributed by atoms with E-state index >= 15 is 0 Å². The van der Waals surface area contributed by atoms with Crippen LogP contribution in [0.2, 0.25) is 0 Å². The number of ether oxygens (including phenoxy) is 1. The van der Waals surface area contributed by atoms with Crippen molar-refractivity contribution in [2.75, 3.05) is 7.11 Å². The predicted octanol–water partition coefficient (Wildman–Crippen LogP) is 1.83. The third-order valence-electron chi connectivity index (χ3n) is 1.64. The van der Waals surface area contributed by atoms with Gasteiger partial charge in [0.1, 0.15) is 5.82 Å². The van der Waals surface area contributed by atoms with Gasteiger partial charge in [-0.05, 0) is 34.6 Å². The quantitative estimate of drug-likeness (QED) is 0.872. The molecule has 1 N–H and O–H groups in total. The summed E-state index contributed by atoms with van der Waals surface area (Å²) in [4.78, 5) is 12.5. The van der Waals surface area contributed by atoms with E-state index in [0.29, 0.717) is 20.7 Å². The van der Waals surface area contributed by atoms with Crippen molar-refractivity contribution in [3.8, 4) is 5.88 Å². The summed E-state index contributed by atoms with van der Waals surface area (Å²) in [6.45, 7) is 1.83. The summed E-state index contributed by atoms with van der Waals surface area (Å²) in [5, 5.41) is 7.86. The van der Waals surface area contributed by atoms with Gasteiger partial charge in [0.25, 0.3) is 0 Å². The Morgan fingerprint density at radius 1 is 1.38 bits per heavy atom. The topological polar surface area (TPSA) is 76.6 Å². The monoisotopic (exact) mass is 301 g/mol. The van der Waals surface area contributed by atoms with Gasteiger partial charge in [-0.25, -0.2) is 9.97 Å². The van der Waals surface area contributed by atoms with E-state index in [-0.39, 0.29) is 0 Å². The summed E-state index contributed by atoms with van der Waals surface area (Å²) in [5.74, 6) is 1.25. The highest BCUT2D eigenvalue weighted by atomic mass is 79.9. The molecule has 0 aliphatic rings. The van der Waals surface area contributed by atoms with Gasteiger partial charge in [-0.1, -0.05) is 0 Å². The van der Waals surface area contributed by atoms with Gasteiger partial charge in [-0.3, -0.25) is 5.10 Å². The molecule has 0 unspecified atom stereocenters. The van der Waals surface area contributed by atoms with Crippen molar-refractivity contribution in [3.05, 3.63) is 16.5 Å². The standard InChI is InChI=1S/C8H8BrN5OS/c1-4-11-8(14-13-4)16-7-10-3-5(9)6(12-7)15-2/h3H,1-2H3,(H,11,13,14). The van der Waals surface area contributed by atoms with Gasteiger partial charge in [0.15, 0.2) is 5.16 Å². The number of H-pyrrole nitrogens is 1. The van der Waals surface area contributed by atoms with Crippen LogP contribution in [0.25, 0.3) is 0 Å². The molecule has 84 valence electrons. The van der Waals surface area contributed by atoms with E-state index in [9.17, 15) is 0 Å². The van der Waals surface area contributed by atoms with Crippen molar-refractivity contribution in [1.82, 2.24) is 25.1 Å². The molecule has 0 atom stereocenters. The molecule has 2 rings (SSSR count). The highest BCUT2D eigenvalue weighted by Gasteiger charge is 2.09. The fourth-order valence-electron chi connectivity index (χ4n) is 0.978. The Bertz CT molecular complexity index is 503. The molecule has 2 aromatic rings. The molecule has 0 saturated heterocycles. The predicted molar refractivity (Wildman–Crippen MR) is 61.5 cm³/mol. The Labute approximate surface area is 104 Å². The first kappa shape index (κ1) is 11.3. The van der Waals surface area contributed by atoms with Crippen molar-refractivity contribution < 1.29 is 4.74 Å². The summed E-state index contributed by atoms with van der Waals surface area (Å²) in [6, 6.07) is 0. The first-order chi connectivity index (χ1) is 7.69. The molecule has 0 bridgehead atoms. The first-order valence-corrected chi connectivity index (χ1v) is 5.93. The lowest BCUT2D eigenvalue weighted by molar-refractivity contribution is 0.389. The number of aromatic nitrogens is 5. The average Bonchev–Trinajstić information content (AvgIpc) is 2.67. The maximum absolute atomic E-state index is 5.07. The molecule has 0 aliphatic heterocycles. The number of aromatic amines is 1. The van der Waals surface area contributed by atoms with E-state index in [0.717, 1.165) is 5.82 Å². The molecule has 16 heavy (non-hydrogen) atoms. The number of nitrogens with zero attached hydrogens (tertiary/aromatic N) is 4. The maximum atomic E-state index is 5.07. The second-order valence-corrected chi connectivity index (χ2v) is 4.60. The van der Waals surface area contributed by atoms with Gasteiger partial charge in [0, 0.05) is 6.20 Å². The van der Waals surface area contributed by atoms with E-state index < -0.39 is 0 Å². The lowest BCUT2D eigenvalue weighted by Crippen LogP contribution is -1.93. The minimum absolute atomic E-state index is 0.491. The van der Waals surface area contributed by atoms with Crippen LogP contribution in [0.3, 0.4) is 0 Å². The van der Waals surface area contributed by atoms with Gasteiger partial charge in [0.2, 0.25) is 11.0 Å². The number of methoxy groups -OCH3 is 1. The summed E-state index contributed by atoms with van der Waals surface area (Å²) in [7, 11) is 1.55. The van der Waals surface area contributed by atoms with Crippen LogP contribution < -0.4 is 4.74 Å².